The van der Waals surface area contributed by atoms with E-state index in [4.69, 9.17) is 10.8 Å². The van der Waals surface area contributed by atoms with E-state index in [0.29, 0.717) is 25.4 Å². The van der Waals surface area contributed by atoms with Crippen LogP contribution in [0.15, 0.2) is 0 Å². The number of hydrogen-bond acceptors (Lipinski definition) is 3. The molecule has 0 aliphatic heterocycles. The fourth-order valence-electron chi connectivity index (χ4n) is 3.06. The molecule has 1 fully saturated rings. The molecule has 1 aliphatic rings. The molecule has 1 aliphatic carbocycles. The van der Waals surface area contributed by atoms with Crippen LogP contribution in [0.25, 0.3) is 0 Å². The first kappa shape index (κ1) is 17.0. The van der Waals surface area contributed by atoms with Crippen LogP contribution in [0.2, 0.25) is 0 Å². The quantitative estimate of drug-likeness (QED) is 0.601. The molecule has 0 spiro atoms. The minimum absolute atomic E-state index is 0.0384. The van der Waals surface area contributed by atoms with Gasteiger partial charge in [-0.1, -0.05) is 19.8 Å². The van der Waals surface area contributed by atoms with Gasteiger partial charge in [0.05, 0.1) is 5.92 Å². The molecule has 3 atom stereocenters. The first-order valence-corrected chi connectivity index (χ1v) is 7.78. The molecule has 5 nitrogen and oxygen atoms in total. The Kier molecular flexibility index (Phi) is 7.59. The van der Waals surface area contributed by atoms with Crippen LogP contribution in [0.5, 0.6) is 0 Å². The summed E-state index contributed by atoms with van der Waals surface area (Å²) in [6, 6.07) is 0. The van der Waals surface area contributed by atoms with Crippen LogP contribution in [0.1, 0.15) is 51.9 Å². The molecule has 116 valence electrons. The first-order chi connectivity index (χ1) is 9.58. The van der Waals surface area contributed by atoms with Gasteiger partial charge in [0.2, 0.25) is 5.91 Å². The van der Waals surface area contributed by atoms with Gasteiger partial charge in [-0.25, -0.2) is 0 Å². The molecule has 4 N–H and O–H groups in total. The van der Waals surface area contributed by atoms with Gasteiger partial charge < -0.3 is 16.2 Å². The maximum atomic E-state index is 11.8. The molecule has 0 aromatic heterocycles. The molecular formula is C15H28N2O3. The molecule has 0 heterocycles. The summed E-state index contributed by atoms with van der Waals surface area (Å²) < 4.78 is 0. The van der Waals surface area contributed by atoms with Crippen molar-refractivity contribution in [1.82, 2.24) is 5.32 Å². The Bertz CT molecular complexity index is 320. The highest BCUT2D eigenvalue weighted by atomic mass is 16.4. The van der Waals surface area contributed by atoms with E-state index >= 15 is 0 Å². The molecule has 1 amide bonds. The Balaban J connectivity index is 2.24. The van der Waals surface area contributed by atoms with Crippen molar-refractivity contribution in [3.63, 3.8) is 0 Å². The maximum Gasteiger partial charge on any atom is 0.306 e. The van der Waals surface area contributed by atoms with Crippen LogP contribution < -0.4 is 11.1 Å². The molecule has 0 saturated heterocycles. The van der Waals surface area contributed by atoms with E-state index in [1.807, 2.05) is 0 Å². The van der Waals surface area contributed by atoms with Gasteiger partial charge in [-0.3, -0.25) is 9.59 Å². The Hall–Kier alpha value is -1.10. The average Bonchev–Trinajstić information content (AvgIpc) is 2.89. The van der Waals surface area contributed by atoms with Crippen molar-refractivity contribution in [2.75, 3.05) is 13.1 Å². The number of hydrogen-bond donors (Lipinski definition) is 3. The van der Waals surface area contributed by atoms with Gasteiger partial charge in [0.15, 0.2) is 0 Å². The normalized spacial score (nSPS) is 23.5. The van der Waals surface area contributed by atoms with Gasteiger partial charge in [-0.15, -0.1) is 0 Å². The third-order valence-electron chi connectivity index (χ3n) is 4.47. The van der Waals surface area contributed by atoms with Crippen molar-refractivity contribution in [3.05, 3.63) is 0 Å². The predicted molar refractivity (Wildman–Crippen MR) is 78.2 cm³/mol. The zero-order valence-corrected chi connectivity index (χ0v) is 12.4. The lowest BCUT2D eigenvalue weighted by molar-refractivity contribution is -0.143. The van der Waals surface area contributed by atoms with E-state index < -0.39 is 5.97 Å². The molecule has 0 aromatic carbocycles. The van der Waals surface area contributed by atoms with Gasteiger partial charge in [0, 0.05) is 13.0 Å². The van der Waals surface area contributed by atoms with Crippen LogP contribution >= 0.6 is 0 Å². The van der Waals surface area contributed by atoms with Crippen LogP contribution in [-0.2, 0) is 9.59 Å². The second kappa shape index (κ2) is 8.95. The summed E-state index contributed by atoms with van der Waals surface area (Å²) in [5.41, 5.74) is 5.54. The number of aliphatic carboxylic acids is 1. The largest absolute Gasteiger partial charge is 0.481 e. The smallest absolute Gasteiger partial charge is 0.306 e. The van der Waals surface area contributed by atoms with E-state index in [0.717, 1.165) is 38.5 Å². The number of carbonyl (C=O) groups is 2. The molecule has 0 aromatic rings. The number of rotatable bonds is 9. The summed E-state index contributed by atoms with van der Waals surface area (Å²) in [5, 5.41) is 12.0. The highest BCUT2D eigenvalue weighted by Gasteiger charge is 2.32. The molecule has 0 bridgehead atoms. The maximum absolute atomic E-state index is 11.8. The number of carboxylic acids is 1. The minimum atomic E-state index is -0.726. The predicted octanol–water partition coefficient (Wildman–Crippen LogP) is 1.76. The number of carbonyl (C=O) groups excluding carboxylic acids is 1. The molecule has 1 rings (SSSR count). The Morgan fingerprint density at radius 3 is 2.70 bits per heavy atom. The number of amides is 1. The van der Waals surface area contributed by atoms with E-state index in [1.165, 1.54) is 0 Å². The Morgan fingerprint density at radius 1 is 1.35 bits per heavy atom. The Labute approximate surface area is 121 Å². The van der Waals surface area contributed by atoms with Gasteiger partial charge in [0.25, 0.3) is 0 Å². The molecule has 1 saturated carbocycles. The highest BCUT2D eigenvalue weighted by molar-refractivity contribution is 5.76. The second-order valence-electron chi connectivity index (χ2n) is 5.83. The summed E-state index contributed by atoms with van der Waals surface area (Å²) >= 11 is 0. The average molecular weight is 284 g/mol. The highest BCUT2D eigenvalue weighted by Crippen LogP contribution is 2.31. The van der Waals surface area contributed by atoms with Crippen molar-refractivity contribution in [2.45, 2.75) is 51.9 Å². The molecule has 3 unspecified atom stereocenters. The van der Waals surface area contributed by atoms with Crippen LogP contribution in [-0.4, -0.2) is 30.1 Å². The fourth-order valence-corrected chi connectivity index (χ4v) is 3.06. The number of nitrogens with two attached hydrogens (primary N) is 1. The third-order valence-corrected chi connectivity index (χ3v) is 4.47. The lowest BCUT2D eigenvalue weighted by atomic mass is 9.95. The van der Waals surface area contributed by atoms with Crippen LogP contribution in [0.3, 0.4) is 0 Å². The summed E-state index contributed by atoms with van der Waals surface area (Å²) in [4.78, 5) is 22.9. The summed E-state index contributed by atoms with van der Waals surface area (Å²) in [7, 11) is 0. The van der Waals surface area contributed by atoms with Crippen LogP contribution in [0, 0.1) is 17.8 Å². The van der Waals surface area contributed by atoms with Gasteiger partial charge in [0.1, 0.15) is 0 Å². The Morgan fingerprint density at radius 2 is 2.10 bits per heavy atom. The monoisotopic (exact) mass is 284 g/mol. The number of nitrogens with one attached hydrogen (secondary N) is 1. The molecule has 20 heavy (non-hydrogen) atoms. The van der Waals surface area contributed by atoms with Gasteiger partial charge >= 0.3 is 5.97 Å². The fraction of sp³-hybridized carbons (Fsp3) is 0.867. The third kappa shape index (κ3) is 5.49. The molecule has 5 heteroatoms. The van der Waals surface area contributed by atoms with E-state index in [9.17, 15) is 9.59 Å². The zero-order chi connectivity index (χ0) is 15.0. The first-order valence-electron chi connectivity index (χ1n) is 7.78. The van der Waals surface area contributed by atoms with Crippen molar-refractivity contribution < 1.29 is 14.7 Å². The zero-order valence-electron chi connectivity index (χ0n) is 12.4. The van der Waals surface area contributed by atoms with Crippen molar-refractivity contribution in [3.8, 4) is 0 Å². The topological polar surface area (TPSA) is 92.4 Å². The molecule has 0 radical (unpaired) electrons. The van der Waals surface area contributed by atoms with Crippen molar-refractivity contribution >= 4 is 11.9 Å². The standard InChI is InChI=1S/C15H28N2O3/c1-2-11(8-9-16)6-7-14(18)17-10-12-4-3-5-13(12)15(19)20/h11-13H,2-10,16H2,1H3,(H,17,18)(H,19,20). The summed E-state index contributed by atoms with van der Waals surface area (Å²) in [6.07, 6.45) is 6.00. The summed E-state index contributed by atoms with van der Waals surface area (Å²) in [5.74, 6) is -0.352. The minimum Gasteiger partial charge on any atom is -0.481 e. The number of carboxylic acid groups (broad SMARTS) is 1. The van der Waals surface area contributed by atoms with E-state index in [1.54, 1.807) is 0 Å². The van der Waals surface area contributed by atoms with E-state index in [-0.39, 0.29) is 17.7 Å². The summed E-state index contributed by atoms with van der Waals surface area (Å²) in [6.45, 7) is 3.29. The van der Waals surface area contributed by atoms with Gasteiger partial charge in [-0.2, -0.15) is 0 Å². The van der Waals surface area contributed by atoms with E-state index in [2.05, 4.69) is 12.2 Å². The van der Waals surface area contributed by atoms with Gasteiger partial charge in [-0.05, 0) is 44.1 Å². The SMILES string of the molecule is CCC(CCN)CCC(=O)NCC1CCCC1C(=O)O. The second-order valence-corrected chi connectivity index (χ2v) is 5.83. The lowest BCUT2D eigenvalue weighted by Crippen LogP contribution is -2.33. The molecular weight excluding hydrogens is 256 g/mol. The van der Waals surface area contributed by atoms with Crippen LogP contribution in [0.4, 0.5) is 0 Å². The van der Waals surface area contributed by atoms with Crippen molar-refractivity contribution in [1.29, 1.82) is 0 Å². The van der Waals surface area contributed by atoms with Crippen molar-refractivity contribution in [2.24, 2.45) is 23.5 Å². The lowest BCUT2D eigenvalue weighted by Gasteiger charge is -2.17.